The zero-order chi connectivity index (χ0) is 21.8. The van der Waals surface area contributed by atoms with Crippen LogP contribution in [0.4, 0.5) is 0 Å². The van der Waals surface area contributed by atoms with Gasteiger partial charge in [0.25, 0.3) is 0 Å². The van der Waals surface area contributed by atoms with Crippen LogP contribution >= 0.6 is 0 Å². The van der Waals surface area contributed by atoms with Crippen LogP contribution in [0.1, 0.15) is 79.1 Å². The molecule has 2 saturated heterocycles. The molecule has 31 heavy (non-hydrogen) atoms. The van der Waals surface area contributed by atoms with Gasteiger partial charge in [-0.05, 0) is 85.9 Å². The van der Waals surface area contributed by atoms with Crippen LogP contribution in [-0.4, -0.2) is 40.8 Å². The average Bonchev–Trinajstić information content (AvgIpc) is 3.14. The molecule has 3 N–H and O–H groups in total. The predicted molar refractivity (Wildman–Crippen MR) is 121 cm³/mol. The number of piperidine rings is 1. The van der Waals surface area contributed by atoms with Gasteiger partial charge in [-0.15, -0.1) is 0 Å². The lowest BCUT2D eigenvalue weighted by Crippen LogP contribution is -2.58. The van der Waals surface area contributed by atoms with Gasteiger partial charge in [0.05, 0.1) is 18.3 Å². The minimum absolute atomic E-state index is 0.0176. The van der Waals surface area contributed by atoms with Crippen molar-refractivity contribution in [2.45, 2.75) is 103 Å². The van der Waals surface area contributed by atoms with E-state index in [0.29, 0.717) is 35.5 Å². The topological polar surface area (TPSA) is 61.7 Å². The first-order valence-electron chi connectivity index (χ1n) is 13.2. The molecule has 12 atom stereocenters. The normalized spacial score (nSPS) is 60.7. The number of aliphatic hydroxyl groups excluding tert-OH is 2. The molecule has 2 aliphatic heterocycles. The van der Waals surface area contributed by atoms with E-state index in [1.54, 1.807) is 0 Å². The number of hydrogen-bond donors (Lipinski definition) is 3. The summed E-state index contributed by atoms with van der Waals surface area (Å²) in [6, 6.07) is 0. The van der Waals surface area contributed by atoms with Gasteiger partial charge in [0.1, 0.15) is 5.72 Å². The van der Waals surface area contributed by atoms with E-state index in [1.807, 2.05) is 0 Å². The van der Waals surface area contributed by atoms with Gasteiger partial charge in [-0.25, -0.2) is 0 Å². The maximum absolute atomic E-state index is 11.8. The largest absolute Gasteiger partial charge is 0.393 e. The zero-order valence-corrected chi connectivity index (χ0v) is 19.9. The standard InChI is InChI=1S/C27H43NO3/c1-15-7-12-27(28-14-15)16(2)21-24(31-27)23(30)22-19-6-5-17-13-18(29)8-10-25(17,3)20(19)9-11-26(21,22)4/h5,15-16,18-24,28-30H,6-14H2,1-4H3/t15-,16+,18+,19-,20+,21+,22-,23+,24-,25+,26-,27-/m1/s1. The van der Waals surface area contributed by atoms with Gasteiger partial charge in [0, 0.05) is 18.4 Å². The summed E-state index contributed by atoms with van der Waals surface area (Å²) in [4.78, 5) is 0. The van der Waals surface area contributed by atoms with Gasteiger partial charge in [-0.2, -0.15) is 0 Å². The molecule has 4 aliphatic carbocycles. The molecule has 0 bridgehead atoms. The lowest BCUT2D eigenvalue weighted by molar-refractivity contribution is -0.152. The fraction of sp³-hybridized carbons (Fsp3) is 0.926. The quantitative estimate of drug-likeness (QED) is 0.504. The smallest absolute Gasteiger partial charge is 0.122 e. The molecule has 0 aromatic carbocycles. The second-order valence-corrected chi connectivity index (χ2v) is 12.9. The van der Waals surface area contributed by atoms with E-state index >= 15 is 0 Å². The Morgan fingerprint density at radius 3 is 2.58 bits per heavy atom. The first-order valence-corrected chi connectivity index (χ1v) is 13.2. The van der Waals surface area contributed by atoms with Crippen LogP contribution in [0, 0.1) is 46.3 Å². The molecule has 4 heteroatoms. The third-order valence-electron chi connectivity index (χ3n) is 11.6. The van der Waals surface area contributed by atoms with Crippen molar-refractivity contribution in [3.63, 3.8) is 0 Å². The van der Waals surface area contributed by atoms with Crippen LogP contribution in [0.2, 0.25) is 0 Å². The molecule has 0 unspecified atom stereocenters. The van der Waals surface area contributed by atoms with E-state index in [-0.39, 0.29) is 34.9 Å². The van der Waals surface area contributed by atoms with Gasteiger partial charge >= 0.3 is 0 Å². The van der Waals surface area contributed by atoms with Crippen molar-refractivity contribution in [1.82, 2.24) is 5.32 Å². The number of allylic oxidation sites excluding steroid dienone is 1. The van der Waals surface area contributed by atoms with E-state index in [2.05, 4.69) is 39.1 Å². The molecular formula is C27H43NO3. The van der Waals surface area contributed by atoms with E-state index < -0.39 is 0 Å². The van der Waals surface area contributed by atoms with Crippen molar-refractivity contribution in [2.75, 3.05) is 6.54 Å². The van der Waals surface area contributed by atoms with E-state index in [0.717, 1.165) is 38.6 Å². The van der Waals surface area contributed by atoms with Crippen molar-refractivity contribution in [1.29, 1.82) is 0 Å². The molecule has 6 rings (SSSR count). The molecule has 0 aromatic heterocycles. The maximum atomic E-state index is 11.8. The number of hydrogen-bond acceptors (Lipinski definition) is 4. The van der Waals surface area contributed by atoms with Crippen LogP contribution < -0.4 is 5.32 Å². The highest BCUT2D eigenvalue weighted by molar-refractivity contribution is 5.27. The van der Waals surface area contributed by atoms with Gasteiger partial charge < -0.3 is 14.9 Å². The summed E-state index contributed by atoms with van der Waals surface area (Å²) in [5, 5.41) is 25.8. The van der Waals surface area contributed by atoms with E-state index in [9.17, 15) is 10.2 Å². The van der Waals surface area contributed by atoms with Gasteiger partial charge in [0.2, 0.25) is 0 Å². The first kappa shape index (κ1) is 21.1. The Balaban J connectivity index is 1.32. The molecular weight excluding hydrogens is 386 g/mol. The second kappa shape index (κ2) is 6.81. The van der Waals surface area contributed by atoms with Crippen molar-refractivity contribution in [3.8, 4) is 0 Å². The SMILES string of the molecule is C[C@@H]1CC[C@@]2(NC1)O[C@H]1[C@@H](O)[C@H]3[C@@H]4CC=C5C[C@@H](O)CC[C@]5(C)[C@H]4CC[C@]3(C)[C@H]1[C@@H]2C. The average molecular weight is 430 g/mol. The molecule has 3 saturated carbocycles. The van der Waals surface area contributed by atoms with E-state index in [4.69, 9.17) is 4.74 Å². The first-order chi connectivity index (χ1) is 14.7. The van der Waals surface area contributed by atoms with Crippen LogP contribution in [-0.2, 0) is 4.74 Å². The van der Waals surface area contributed by atoms with Crippen LogP contribution in [0.25, 0.3) is 0 Å². The molecule has 5 fully saturated rings. The number of ether oxygens (including phenoxy) is 1. The third kappa shape index (κ3) is 2.68. The maximum Gasteiger partial charge on any atom is 0.122 e. The Morgan fingerprint density at radius 1 is 1.03 bits per heavy atom. The van der Waals surface area contributed by atoms with Crippen molar-refractivity contribution >= 4 is 0 Å². The van der Waals surface area contributed by atoms with Gasteiger partial charge in [-0.1, -0.05) is 39.3 Å². The Kier molecular flexibility index (Phi) is 4.64. The zero-order valence-electron chi connectivity index (χ0n) is 19.9. The summed E-state index contributed by atoms with van der Waals surface area (Å²) in [6.07, 6.45) is 10.7. The summed E-state index contributed by atoms with van der Waals surface area (Å²) >= 11 is 0. The molecule has 4 nitrogen and oxygen atoms in total. The summed E-state index contributed by atoms with van der Waals surface area (Å²) < 4.78 is 6.86. The molecule has 1 spiro atoms. The number of rotatable bonds is 0. The highest BCUT2D eigenvalue weighted by Crippen LogP contribution is 2.70. The molecule has 6 aliphatic rings. The lowest BCUT2D eigenvalue weighted by Gasteiger charge is -2.58. The fourth-order valence-electron chi connectivity index (χ4n) is 9.87. The second-order valence-electron chi connectivity index (χ2n) is 12.9. The Labute approximate surface area is 188 Å². The monoisotopic (exact) mass is 429 g/mol. The number of nitrogens with one attached hydrogen (secondary N) is 1. The van der Waals surface area contributed by atoms with Crippen molar-refractivity contribution in [3.05, 3.63) is 11.6 Å². The predicted octanol–water partition coefficient (Wildman–Crippen LogP) is 4.26. The molecule has 174 valence electrons. The molecule has 0 radical (unpaired) electrons. The van der Waals surface area contributed by atoms with Crippen LogP contribution in [0.15, 0.2) is 11.6 Å². The molecule has 0 aromatic rings. The Hall–Kier alpha value is -0.420. The lowest BCUT2D eigenvalue weighted by atomic mass is 9.46. The van der Waals surface area contributed by atoms with E-state index in [1.165, 1.54) is 24.8 Å². The van der Waals surface area contributed by atoms with Gasteiger partial charge in [-0.3, -0.25) is 5.32 Å². The summed E-state index contributed by atoms with van der Waals surface area (Å²) in [7, 11) is 0. The summed E-state index contributed by atoms with van der Waals surface area (Å²) in [6.45, 7) is 10.7. The molecule has 0 amide bonds. The highest BCUT2D eigenvalue weighted by Gasteiger charge is 2.71. The van der Waals surface area contributed by atoms with Crippen molar-refractivity contribution < 1.29 is 14.9 Å². The minimum Gasteiger partial charge on any atom is -0.393 e. The van der Waals surface area contributed by atoms with Crippen molar-refractivity contribution in [2.24, 2.45) is 46.3 Å². The number of fused-ring (bicyclic) bond motifs is 7. The minimum atomic E-state index is -0.349. The Morgan fingerprint density at radius 2 is 1.84 bits per heavy atom. The van der Waals surface area contributed by atoms with Crippen LogP contribution in [0.3, 0.4) is 0 Å². The summed E-state index contributed by atoms with van der Waals surface area (Å²) in [5.74, 6) is 3.13. The molecule has 2 heterocycles. The highest BCUT2D eigenvalue weighted by atomic mass is 16.5. The third-order valence-corrected chi connectivity index (χ3v) is 11.6. The van der Waals surface area contributed by atoms with Gasteiger partial charge in [0.15, 0.2) is 0 Å². The van der Waals surface area contributed by atoms with Crippen LogP contribution in [0.5, 0.6) is 0 Å². The number of aliphatic hydroxyl groups is 2. The summed E-state index contributed by atoms with van der Waals surface area (Å²) in [5.41, 5.74) is 1.66. The Bertz CT molecular complexity index is 772. The fourth-order valence-corrected chi connectivity index (χ4v) is 9.87.